The lowest BCUT2D eigenvalue weighted by Gasteiger charge is -2.07. The molecule has 0 N–H and O–H groups in total. The summed E-state index contributed by atoms with van der Waals surface area (Å²) < 4.78 is 40.6. The van der Waals surface area contributed by atoms with Crippen LogP contribution in [0.3, 0.4) is 0 Å². The van der Waals surface area contributed by atoms with E-state index < -0.39 is 22.4 Å². The summed E-state index contributed by atoms with van der Waals surface area (Å²) in [5, 5.41) is -1.07. The molecule has 2 nitrogen and oxygen atoms in total. The van der Waals surface area contributed by atoms with E-state index in [-0.39, 0.29) is 11.3 Å². The van der Waals surface area contributed by atoms with Gasteiger partial charge in [0.25, 0.3) is 0 Å². The molecule has 0 aliphatic rings. The third-order valence-electron chi connectivity index (χ3n) is 1.54. The minimum Gasteiger partial charge on any atom is -0.496 e. The van der Waals surface area contributed by atoms with Crippen molar-refractivity contribution in [1.29, 1.82) is 0 Å². The molecule has 0 radical (unpaired) electrons. The standard InChI is InChI=1S/C9H7F3O2S/c1-14-7-5-3-2-4-6(7)8(13)15-9(10,11)12/h2-5H,1H3. The molecule has 0 amide bonds. The van der Waals surface area contributed by atoms with E-state index in [4.69, 9.17) is 4.74 Å². The molecule has 0 fully saturated rings. The van der Waals surface area contributed by atoms with Crippen molar-refractivity contribution in [2.75, 3.05) is 7.11 Å². The number of methoxy groups -OCH3 is 1. The van der Waals surface area contributed by atoms with Crippen molar-refractivity contribution in [3.8, 4) is 5.75 Å². The molecule has 6 heteroatoms. The van der Waals surface area contributed by atoms with Gasteiger partial charge in [-0.3, -0.25) is 4.79 Å². The second-order valence-corrected chi connectivity index (χ2v) is 3.57. The Labute approximate surface area is 88.4 Å². The van der Waals surface area contributed by atoms with Crippen molar-refractivity contribution >= 4 is 16.9 Å². The molecule has 0 unspecified atom stereocenters. The molecule has 1 aromatic rings. The smallest absolute Gasteiger partial charge is 0.449 e. The van der Waals surface area contributed by atoms with Crippen molar-refractivity contribution in [2.45, 2.75) is 5.51 Å². The summed E-state index contributed by atoms with van der Waals surface area (Å²) in [5.41, 5.74) is -4.65. The van der Waals surface area contributed by atoms with Gasteiger partial charge in [0.1, 0.15) is 5.75 Å². The Kier molecular flexibility index (Phi) is 3.62. The maximum atomic E-state index is 11.9. The van der Waals surface area contributed by atoms with Crippen LogP contribution in [0, 0.1) is 0 Å². The van der Waals surface area contributed by atoms with E-state index in [1.807, 2.05) is 0 Å². The lowest BCUT2D eigenvalue weighted by molar-refractivity contribution is -0.0322. The predicted octanol–water partition coefficient (Wildman–Crippen LogP) is 3.09. The highest BCUT2D eigenvalue weighted by molar-refractivity contribution is 8.14. The number of para-hydroxylation sites is 1. The van der Waals surface area contributed by atoms with Crippen LogP contribution in [0.15, 0.2) is 24.3 Å². The molecule has 1 rings (SSSR count). The zero-order valence-electron chi connectivity index (χ0n) is 7.67. The molecule has 0 aliphatic carbocycles. The van der Waals surface area contributed by atoms with Crippen molar-refractivity contribution in [1.82, 2.24) is 0 Å². The molecule has 0 bridgehead atoms. The van der Waals surface area contributed by atoms with Gasteiger partial charge in [-0.2, -0.15) is 13.2 Å². The van der Waals surface area contributed by atoms with Gasteiger partial charge in [-0.15, -0.1) is 0 Å². The third-order valence-corrected chi connectivity index (χ3v) is 2.17. The molecule has 0 spiro atoms. The van der Waals surface area contributed by atoms with Crippen LogP contribution in [0.1, 0.15) is 10.4 Å². The van der Waals surface area contributed by atoms with Gasteiger partial charge >= 0.3 is 5.51 Å². The number of benzene rings is 1. The topological polar surface area (TPSA) is 26.3 Å². The van der Waals surface area contributed by atoms with Crippen LogP contribution < -0.4 is 4.74 Å². The number of ether oxygens (including phenoxy) is 1. The van der Waals surface area contributed by atoms with Crippen LogP contribution in [-0.2, 0) is 0 Å². The van der Waals surface area contributed by atoms with Crippen LogP contribution >= 0.6 is 11.8 Å². The molecule has 0 heterocycles. The van der Waals surface area contributed by atoms with Gasteiger partial charge in [0.2, 0.25) is 5.12 Å². The van der Waals surface area contributed by atoms with Gasteiger partial charge in [0, 0.05) is 11.8 Å². The Morgan fingerprint density at radius 3 is 2.47 bits per heavy atom. The lowest BCUT2D eigenvalue weighted by Crippen LogP contribution is -2.07. The molecule has 0 saturated heterocycles. The lowest BCUT2D eigenvalue weighted by atomic mass is 10.2. The average Bonchev–Trinajstić information content (AvgIpc) is 2.15. The molecule has 1 aromatic carbocycles. The van der Waals surface area contributed by atoms with Crippen LogP contribution in [0.2, 0.25) is 0 Å². The zero-order chi connectivity index (χ0) is 11.5. The number of rotatable bonds is 2. The summed E-state index contributed by atoms with van der Waals surface area (Å²) in [7, 11) is 1.30. The molecule has 15 heavy (non-hydrogen) atoms. The largest absolute Gasteiger partial charge is 0.496 e. The Balaban J connectivity index is 2.91. The van der Waals surface area contributed by atoms with Gasteiger partial charge < -0.3 is 4.74 Å². The van der Waals surface area contributed by atoms with Crippen molar-refractivity contribution in [3.63, 3.8) is 0 Å². The molecule has 82 valence electrons. The van der Waals surface area contributed by atoms with Gasteiger partial charge in [-0.05, 0) is 12.1 Å². The normalized spacial score (nSPS) is 11.2. The Morgan fingerprint density at radius 2 is 1.93 bits per heavy atom. The zero-order valence-corrected chi connectivity index (χ0v) is 8.48. The average molecular weight is 236 g/mol. The summed E-state index contributed by atoms with van der Waals surface area (Å²) in [6.07, 6.45) is 0. The van der Waals surface area contributed by atoms with E-state index in [9.17, 15) is 18.0 Å². The first-order valence-electron chi connectivity index (χ1n) is 3.87. The van der Waals surface area contributed by atoms with Gasteiger partial charge in [0.15, 0.2) is 0 Å². The number of hydrogen-bond acceptors (Lipinski definition) is 3. The second-order valence-electron chi connectivity index (χ2n) is 2.54. The van der Waals surface area contributed by atoms with Crippen molar-refractivity contribution < 1.29 is 22.7 Å². The summed E-state index contributed by atoms with van der Waals surface area (Å²) in [6.45, 7) is 0. The Bertz CT molecular complexity index is 363. The number of halogens is 3. The fourth-order valence-corrected chi connectivity index (χ4v) is 1.46. The van der Waals surface area contributed by atoms with E-state index in [2.05, 4.69) is 0 Å². The highest BCUT2D eigenvalue weighted by Crippen LogP contribution is 2.34. The van der Waals surface area contributed by atoms with Crippen LogP contribution in [-0.4, -0.2) is 17.7 Å². The first kappa shape index (κ1) is 11.9. The quantitative estimate of drug-likeness (QED) is 0.789. The van der Waals surface area contributed by atoms with Gasteiger partial charge in [0.05, 0.1) is 12.7 Å². The minimum atomic E-state index is -4.57. The summed E-state index contributed by atoms with van der Waals surface area (Å²) in [6, 6.07) is 5.78. The maximum Gasteiger partial charge on any atom is 0.449 e. The first-order valence-corrected chi connectivity index (χ1v) is 4.69. The number of thioether (sulfide) groups is 1. The van der Waals surface area contributed by atoms with E-state index >= 15 is 0 Å². The van der Waals surface area contributed by atoms with Crippen LogP contribution in [0.25, 0.3) is 0 Å². The second kappa shape index (κ2) is 4.57. The SMILES string of the molecule is COc1ccccc1C(=O)SC(F)(F)F. The number of carbonyl (C=O) groups excluding carboxylic acids is 1. The summed E-state index contributed by atoms with van der Waals surface area (Å²) in [4.78, 5) is 11.2. The van der Waals surface area contributed by atoms with Gasteiger partial charge in [-0.25, -0.2) is 0 Å². The monoisotopic (exact) mass is 236 g/mol. The maximum absolute atomic E-state index is 11.9. The van der Waals surface area contributed by atoms with E-state index in [0.29, 0.717) is 0 Å². The number of hydrogen-bond donors (Lipinski definition) is 0. The molecule has 0 aliphatic heterocycles. The minimum absolute atomic E-state index is 0.0812. The fourth-order valence-electron chi connectivity index (χ4n) is 0.973. The van der Waals surface area contributed by atoms with Crippen LogP contribution in [0.5, 0.6) is 5.75 Å². The van der Waals surface area contributed by atoms with E-state index in [1.165, 1.54) is 25.3 Å². The van der Waals surface area contributed by atoms with Crippen LogP contribution in [0.4, 0.5) is 13.2 Å². The third kappa shape index (κ3) is 3.47. The van der Waals surface area contributed by atoms with Crippen molar-refractivity contribution in [2.24, 2.45) is 0 Å². The fraction of sp³-hybridized carbons (Fsp3) is 0.222. The number of carbonyl (C=O) groups is 1. The van der Waals surface area contributed by atoms with Crippen molar-refractivity contribution in [3.05, 3.63) is 29.8 Å². The van der Waals surface area contributed by atoms with Gasteiger partial charge in [-0.1, -0.05) is 12.1 Å². The first-order chi connectivity index (χ1) is 6.94. The summed E-state index contributed by atoms with van der Waals surface area (Å²) >= 11 is -0.680. The molecular formula is C9H7F3O2S. The molecular weight excluding hydrogens is 229 g/mol. The predicted molar refractivity (Wildman–Crippen MR) is 51.0 cm³/mol. The summed E-state index contributed by atoms with van der Waals surface area (Å²) in [5.74, 6) is 0.138. The molecule has 0 aromatic heterocycles. The highest BCUT2D eigenvalue weighted by atomic mass is 32.2. The van der Waals surface area contributed by atoms with E-state index in [1.54, 1.807) is 6.07 Å². The molecule has 0 atom stereocenters. The van der Waals surface area contributed by atoms with E-state index in [0.717, 1.165) is 0 Å². The number of alkyl halides is 3. The molecule has 0 saturated carbocycles. The highest BCUT2D eigenvalue weighted by Gasteiger charge is 2.34. The Hall–Kier alpha value is -1.17. The Morgan fingerprint density at radius 1 is 1.33 bits per heavy atom.